The molecule has 0 unspecified atom stereocenters. The minimum Gasteiger partial charge on any atom is -0.241 e. The molecule has 56 valence electrons. The van der Waals surface area contributed by atoms with Crippen LogP contribution < -0.4 is 0 Å². The molecule has 0 saturated carbocycles. The Bertz CT molecular complexity index is 299. The zero-order valence-corrected chi connectivity index (χ0v) is 6.63. The molecule has 0 spiro atoms. The smallest absolute Gasteiger partial charge is 0.125 e. The molecule has 0 aromatic carbocycles. The molecule has 3 heteroatoms. The highest BCUT2D eigenvalue weighted by Crippen LogP contribution is 2.03. The number of hydrogen-bond acceptors (Lipinski definition) is 3. The normalized spacial score (nSPS) is 9.18. The Morgan fingerprint density at radius 3 is 2.82 bits per heavy atom. The van der Waals surface area contributed by atoms with Crippen LogP contribution in [-0.4, -0.2) is 9.97 Å². The minimum atomic E-state index is 0.395. The van der Waals surface area contributed by atoms with Gasteiger partial charge in [0.25, 0.3) is 0 Å². The summed E-state index contributed by atoms with van der Waals surface area (Å²) in [5.41, 5.74) is 1.82. The van der Waals surface area contributed by atoms with E-state index >= 15 is 0 Å². The van der Waals surface area contributed by atoms with Gasteiger partial charge in [-0.3, -0.25) is 0 Å². The Morgan fingerprint density at radius 1 is 1.55 bits per heavy atom. The lowest BCUT2D eigenvalue weighted by molar-refractivity contribution is 0.969. The molecular formula is C8H9N3. The van der Waals surface area contributed by atoms with Crippen molar-refractivity contribution in [2.24, 2.45) is 0 Å². The fraction of sp³-hybridized carbons (Fsp3) is 0.375. The van der Waals surface area contributed by atoms with Crippen molar-refractivity contribution in [3.63, 3.8) is 0 Å². The van der Waals surface area contributed by atoms with Crippen LogP contribution in [0.2, 0.25) is 0 Å². The summed E-state index contributed by atoms with van der Waals surface area (Å²) < 4.78 is 0. The van der Waals surface area contributed by atoms with Gasteiger partial charge >= 0.3 is 0 Å². The van der Waals surface area contributed by atoms with E-state index in [1.165, 1.54) is 0 Å². The van der Waals surface area contributed by atoms with Crippen LogP contribution in [0.15, 0.2) is 6.20 Å². The minimum absolute atomic E-state index is 0.395. The molecule has 0 bridgehead atoms. The summed E-state index contributed by atoms with van der Waals surface area (Å²) in [5.74, 6) is 0.754. The predicted molar refractivity (Wildman–Crippen MR) is 40.8 cm³/mol. The number of hydrogen-bond donors (Lipinski definition) is 0. The van der Waals surface area contributed by atoms with Crippen molar-refractivity contribution in [3.05, 3.63) is 23.3 Å². The molecule has 1 aromatic heterocycles. The van der Waals surface area contributed by atoms with Crippen LogP contribution >= 0.6 is 0 Å². The first kappa shape index (κ1) is 7.67. The molecule has 3 nitrogen and oxygen atoms in total. The monoisotopic (exact) mass is 147 g/mol. The van der Waals surface area contributed by atoms with Gasteiger partial charge in [0.15, 0.2) is 0 Å². The maximum Gasteiger partial charge on any atom is 0.125 e. The molecule has 0 saturated heterocycles. The molecule has 0 aliphatic carbocycles. The van der Waals surface area contributed by atoms with Crippen molar-refractivity contribution < 1.29 is 0 Å². The highest BCUT2D eigenvalue weighted by atomic mass is 14.9. The van der Waals surface area contributed by atoms with Crippen LogP contribution in [0.4, 0.5) is 0 Å². The molecule has 0 aliphatic heterocycles. The van der Waals surface area contributed by atoms with Crippen LogP contribution in [0, 0.1) is 25.2 Å². The summed E-state index contributed by atoms with van der Waals surface area (Å²) >= 11 is 0. The van der Waals surface area contributed by atoms with E-state index in [1.807, 2.05) is 13.8 Å². The van der Waals surface area contributed by atoms with Gasteiger partial charge in [-0.15, -0.1) is 0 Å². The van der Waals surface area contributed by atoms with Gasteiger partial charge in [-0.2, -0.15) is 5.26 Å². The summed E-state index contributed by atoms with van der Waals surface area (Å²) in [6.45, 7) is 3.73. The lowest BCUT2D eigenvalue weighted by Crippen LogP contribution is -1.96. The molecular weight excluding hydrogens is 138 g/mol. The van der Waals surface area contributed by atoms with E-state index in [2.05, 4.69) is 16.0 Å². The highest BCUT2D eigenvalue weighted by molar-refractivity contribution is 5.19. The lowest BCUT2D eigenvalue weighted by Gasteiger charge is -1.99. The van der Waals surface area contributed by atoms with E-state index in [9.17, 15) is 0 Å². The molecule has 0 atom stereocenters. The Balaban J connectivity index is 3.01. The van der Waals surface area contributed by atoms with Gasteiger partial charge in [0, 0.05) is 17.5 Å². The average molecular weight is 147 g/mol. The maximum absolute atomic E-state index is 8.41. The molecule has 0 fully saturated rings. The highest BCUT2D eigenvalue weighted by Gasteiger charge is 1.98. The molecule has 11 heavy (non-hydrogen) atoms. The predicted octanol–water partition coefficient (Wildman–Crippen LogP) is 1.16. The molecule has 0 N–H and O–H groups in total. The molecule has 0 radical (unpaired) electrons. The summed E-state index contributed by atoms with van der Waals surface area (Å²) in [4.78, 5) is 8.13. The summed E-state index contributed by atoms with van der Waals surface area (Å²) in [6, 6.07) is 2.06. The summed E-state index contributed by atoms with van der Waals surface area (Å²) in [5, 5.41) is 8.41. The van der Waals surface area contributed by atoms with Gasteiger partial charge in [-0.25, -0.2) is 9.97 Å². The topological polar surface area (TPSA) is 49.6 Å². The number of aryl methyl sites for hydroxylation is 2. The Labute approximate surface area is 65.7 Å². The largest absolute Gasteiger partial charge is 0.241 e. The third kappa shape index (κ3) is 1.74. The van der Waals surface area contributed by atoms with Crippen LogP contribution in [0.25, 0.3) is 0 Å². The van der Waals surface area contributed by atoms with Crippen LogP contribution in [0.1, 0.15) is 17.1 Å². The van der Waals surface area contributed by atoms with Crippen molar-refractivity contribution in [2.45, 2.75) is 20.3 Å². The number of rotatable bonds is 1. The van der Waals surface area contributed by atoms with Crippen LogP contribution in [0.5, 0.6) is 0 Å². The van der Waals surface area contributed by atoms with Gasteiger partial charge in [0.2, 0.25) is 0 Å². The fourth-order valence-electron chi connectivity index (χ4n) is 0.867. The van der Waals surface area contributed by atoms with Gasteiger partial charge in [-0.05, 0) is 13.8 Å². The van der Waals surface area contributed by atoms with Crippen molar-refractivity contribution in [1.82, 2.24) is 9.97 Å². The third-order valence-corrected chi connectivity index (χ3v) is 1.47. The van der Waals surface area contributed by atoms with Crippen LogP contribution in [0.3, 0.4) is 0 Å². The molecule has 1 aromatic rings. The Morgan fingerprint density at radius 2 is 2.27 bits per heavy atom. The van der Waals surface area contributed by atoms with Crippen molar-refractivity contribution in [3.8, 4) is 6.07 Å². The van der Waals surface area contributed by atoms with Crippen molar-refractivity contribution in [2.75, 3.05) is 0 Å². The lowest BCUT2D eigenvalue weighted by atomic mass is 10.2. The van der Waals surface area contributed by atoms with Gasteiger partial charge in [0.1, 0.15) is 5.82 Å². The second kappa shape index (κ2) is 3.11. The van der Waals surface area contributed by atoms with E-state index in [1.54, 1.807) is 6.20 Å². The standard InChI is InChI=1S/C8H9N3/c1-6-8(3-4-9)5-10-7(2)11-6/h5H,3H2,1-2H3. The second-order valence-corrected chi connectivity index (χ2v) is 2.36. The zero-order valence-electron chi connectivity index (χ0n) is 6.63. The summed E-state index contributed by atoms with van der Waals surface area (Å²) in [6.07, 6.45) is 2.10. The van der Waals surface area contributed by atoms with Crippen molar-refractivity contribution >= 4 is 0 Å². The average Bonchev–Trinajstić information content (AvgIpc) is 1.95. The van der Waals surface area contributed by atoms with Crippen molar-refractivity contribution in [1.29, 1.82) is 5.26 Å². The number of aromatic nitrogens is 2. The van der Waals surface area contributed by atoms with E-state index in [-0.39, 0.29) is 0 Å². The second-order valence-electron chi connectivity index (χ2n) is 2.36. The quantitative estimate of drug-likeness (QED) is 0.598. The number of nitrogens with zero attached hydrogens (tertiary/aromatic N) is 3. The SMILES string of the molecule is Cc1ncc(CC#N)c(C)n1. The zero-order chi connectivity index (χ0) is 8.27. The Kier molecular flexibility index (Phi) is 2.17. The first-order valence-electron chi connectivity index (χ1n) is 3.40. The van der Waals surface area contributed by atoms with E-state index < -0.39 is 0 Å². The van der Waals surface area contributed by atoms with E-state index in [0.717, 1.165) is 17.1 Å². The molecule has 1 heterocycles. The van der Waals surface area contributed by atoms with Gasteiger partial charge < -0.3 is 0 Å². The van der Waals surface area contributed by atoms with Gasteiger partial charge in [0.05, 0.1) is 12.5 Å². The maximum atomic E-state index is 8.41. The van der Waals surface area contributed by atoms with Gasteiger partial charge in [-0.1, -0.05) is 0 Å². The van der Waals surface area contributed by atoms with Crippen LogP contribution in [-0.2, 0) is 6.42 Å². The molecule has 1 rings (SSSR count). The third-order valence-electron chi connectivity index (χ3n) is 1.47. The molecule has 0 amide bonds. The fourth-order valence-corrected chi connectivity index (χ4v) is 0.867. The van der Waals surface area contributed by atoms with E-state index in [0.29, 0.717) is 6.42 Å². The first-order valence-corrected chi connectivity index (χ1v) is 3.40. The van der Waals surface area contributed by atoms with E-state index in [4.69, 9.17) is 5.26 Å². The number of nitriles is 1. The first-order chi connectivity index (χ1) is 5.24. The molecule has 0 aliphatic rings. The summed E-state index contributed by atoms with van der Waals surface area (Å²) in [7, 11) is 0. The Hall–Kier alpha value is -1.43.